The molecule has 1 atom stereocenters. The van der Waals surface area contributed by atoms with Crippen LogP contribution in [0.25, 0.3) is 27.9 Å². The Hall–Kier alpha value is -3.03. The molecule has 1 aliphatic rings. The number of hydrogen-bond donors (Lipinski definition) is 2. The SMILES string of the molecule is CC(C)(O)c1ccc(-c2nc([C@@H]3CCCN3CC=O)n3c2cnc2[nH]ccc23)cc1. The molecule has 0 amide bonds. The van der Waals surface area contributed by atoms with Crippen molar-refractivity contribution in [3.63, 3.8) is 0 Å². The number of H-pyrrole nitrogens is 1. The largest absolute Gasteiger partial charge is 0.386 e. The Morgan fingerprint density at radius 2 is 2.03 bits per heavy atom. The molecule has 0 radical (unpaired) electrons. The monoisotopic (exact) mass is 403 g/mol. The highest BCUT2D eigenvalue weighted by Gasteiger charge is 2.31. The fourth-order valence-corrected chi connectivity index (χ4v) is 4.49. The molecular formula is C23H25N5O2. The fraction of sp³-hybridized carbons (Fsp3) is 0.348. The molecule has 4 heterocycles. The highest BCUT2D eigenvalue weighted by Crippen LogP contribution is 2.36. The van der Waals surface area contributed by atoms with Gasteiger partial charge in [-0.3, -0.25) is 9.30 Å². The van der Waals surface area contributed by atoms with E-state index in [-0.39, 0.29) is 6.04 Å². The molecule has 0 aliphatic carbocycles. The van der Waals surface area contributed by atoms with Gasteiger partial charge in [0.15, 0.2) is 5.65 Å². The molecule has 3 aromatic heterocycles. The van der Waals surface area contributed by atoms with Crippen LogP contribution in [0.15, 0.2) is 42.7 Å². The van der Waals surface area contributed by atoms with Gasteiger partial charge < -0.3 is 14.9 Å². The smallest absolute Gasteiger partial charge is 0.154 e. The number of nitrogens with zero attached hydrogens (tertiary/aromatic N) is 4. The number of aromatic amines is 1. The molecular weight excluding hydrogens is 378 g/mol. The molecule has 0 bridgehead atoms. The summed E-state index contributed by atoms with van der Waals surface area (Å²) in [4.78, 5) is 26.3. The van der Waals surface area contributed by atoms with Crippen LogP contribution < -0.4 is 0 Å². The van der Waals surface area contributed by atoms with Crippen LogP contribution in [0.4, 0.5) is 0 Å². The molecule has 30 heavy (non-hydrogen) atoms. The summed E-state index contributed by atoms with van der Waals surface area (Å²) in [6.07, 6.45) is 6.73. The third-order valence-electron chi connectivity index (χ3n) is 6.04. The molecule has 0 saturated carbocycles. The van der Waals surface area contributed by atoms with E-state index >= 15 is 0 Å². The quantitative estimate of drug-likeness (QED) is 0.499. The standard InChI is InChI=1S/C23H25N5O2/c1-23(2,30)16-7-5-15(6-8-16)20-19-14-25-21-17(9-10-24-21)28(19)22(26-20)18-4-3-11-27(18)12-13-29/h5-10,13-14,18,24,30H,3-4,11-12H2,1-2H3/t18-/m0/s1. The second-order valence-corrected chi connectivity index (χ2v) is 8.46. The van der Waals surface area contributed by atoms with Gasteiger partial charge in [-0.2, -0.15) is 0 Å². The lowest BCUT2D eigenvalue weighted by molar-refractivity contribution is -0.109. The molecule has 0 unspecified atom stereocenters. The van der Waals surface area contributed by atoms with Crippen LogP contribution in [0.3, 0.4) is 0 Å². The van der Waals surface area contributed by atoms with Gasteiger partial charge in [-0.1, -0.05) is 24.3 Å². The van der Waals surface area contributed by atoms with E-state index in [1.807, 2.05) is 42.7 Å². The molecule has 154 valence electrons. The molecule has 1 fully saturated rings. The van der Waals surface area contributed by atoms with Gasteiger partial charge in [0.25, 0.3) is 0 Å². The summed E-state index contributed by atoms with van der Waals surface area (Å²) < 4.78 is 2.17. The Labute approximate surface area is 174 Å². The number of aromatic nitrogens is 4. The molecule has 1 aromatic carbocycles. The van der Waals surface area contributed by atoms with E-state index in [2.05, 4.69) is 19.3 Å². The Morgan fingerprint density at radius 1 is 1.23 bits per heavy atom. The van der Waals surface area contributed by atoms with Crippen LogP contribution in [0, 0.1) is 0 Å². The van der Waals surface area contributed by atoms with Gasteiger partial charge in [-0.05, 0) is 44.9 Å². The first-order valence-corrected chi connectivity index (χ1v) is 10.3. The molecule has 7 heteroatoms. The molecule has 2 N–H and O–H groups in total. The number of fused-ring (bicyclic) bond motifs is 3. The highest BCUT2D eigenvalue weighted by molar-refractivity contribution is 5.84. The van der Waals surface area contributed by atoms with Gasteiger partial charge >= 0.3 is 0 Å². The van der Waals surface area contributed by atoms with Crippen molar-refractivity contribution in [2.24, 2.45) is 0 Å². The van der Waals surface area contributed by atoms with Crippen molar-refractivity contribution < 1.29 is 9.90 Å². The van der Waals surface area contributed by atoms with Crippen molar-refractivity contribution in [2.45, 2.75) is 38.3 Å². The minimum atomic E-state index is -0.891. The topological polar surface area (TPSA) is 86.5 Å². The third kappa shape index (κ3) is 3.02. The van der Waals surface area contributed by atoms with E-state index in [9.17, 15) is 9.90 Å². The Balaban J connectivity index is 1.71. The van der Waals surface area contributed by atoms with Crippen LogP contribution in [-0.2, 0) is 10.4 Å². The van der Waals surface area contributed by atoms with E-state index in [1.54, 1.807) is 13.8 Å². The number of aliphatic hydroxyl groups is 1. The lowest BCUT2D eigenvalue weighted by atomic mass is 9.97. The summed E-state index contributed by atoms with van der Waals surface area (Å²) in [6, 6.07) is 9.98. The van der Waals surface area contributed by atoms with Gasteiger partial charge in [0.2, 0.25) is 0 Å². The highest BCUT2D eigenvalue weighted by atomic mass is 16.3. The Bertz CT molecular complexity index is 1220. The van der Waals surface area contributed by atoms with Crippen LogP contribution in [0.2, 0.25) is 0 Å². The van der Waals surface area contributed by atoms with Gasteiger partial charge in [-0.25, -0.2) is 9.97 Å². The Kier molecular flexibility index (Phi) is 4.45. The van der Waals surface area contributed by atoms with Crippen molar-refractivity contribution in [3.8, 4) is 11.3 Å². The third-order valence-corrected chi connectivity index (χ3v) is 6.04. The molecule has 5 rings (SSSR count). The zero-order chi connectivity index (χ0) is 20.9. The predicted octanol–water partition coefficient (Wildman–Crippen LogP) is 3.44. The lowest BCUT2D eigenvalue weighted by Crippen LogP contribution is -2.26. The number of benzene rings is 1. The normalized spacial score (nSPS) is 17.9. The van der Waals surface area contributed by atoms with Crippen LogP contribution >= 0.6 is 0 Å². The van der Waals surface area contributed by atoms with Crippen LogP contribution in [0.5, 0.6) is 0 Å². The maximum absolute atomic E-state index is 11.2. The summed E-state index contributed by atoms with van der Waals surface area (Å²) in [6.45, 7) is 4.87. The molecule has 7 nitrogen and oxygen atoms in total. The van der Waals surface area contributed by atoms with Crippen molar-refractivity contribution in [1.29, 1.82) is 0 Å². The summed E-state index contributed by atoms with van der Waals surface area (Å²) in [7, 11) is 0. The van der Waals surface area contributed by atoms with Crippen molar-refractivity contribution in [1.82, 2.24) is 24.3 Å². The molecule has 0 spiro atoms. The number of carbonyl (C=O) groups excluding carboxylic acids is 1. The number of carbonyl (C=O) groups is 1. The second-order valence-electron chi connectivity index (χ2n) is 8.46. The Morgan fingerprint density at radius 3 is 2.77 bits per heavy atom. The van der Waals surface area contributed by atoms with E-state index in [1.165, 1.54) is 0 Å². The predicted molar refractivity (Wildman–Crippen MR) is 115 cm³/mol. The van der Waals surface area contributed by atoms with E-state index in [0.717, 1.165) is 65.0 Å². The molecule has 4 aromatic rings. The van der Waals surface area contributed by atoms with Crippen molar-refractivity contribution in [2.75, 3.05) is 13.1 Å². The van der Waals surface area contributed by atoms with E-state index in [4.69, 9.17) is 4.98 Å². The average Bonchev–Trinajstić information content (AvgIpc) is 3.44. The number of likely N-dealkylation sites (tertiary alicyclic amines) is 1. The van der Waals surface area contributed by atoms with Gasteiger partial charge in [-0.15, -0.1) is 0 Å². The molecule has 1 saturated heterocycles. The number of rotatable bonds is 5. The minimum absolute atomic E-state index is 0.0904. The summed E-state index contributed by atoms with van der Waals surface area (Å²) in [5, 5.41) is 10.3. The van der Waals surface area contributed by atoms with Gasteiger partial charge in [0, 0.05) is 11.8 Å². The zero-order valence-corrected chi connectivity index (χ0v) is 17.2. The van der Waals surface area contributed by atoms with Crippen LogP contribution in [0.1, 0.15) is 44.1 Å². The zero-order valence-electron chi connectivity index (χ0n) is 17.2. The lowest BCUT2D eigenvalue weighted by Gasteiger charge is -2.21. The molecule has 1 aliphatic heterocycles. The summed E-state index contributed by atoms with van der Waals surface area (Å²) in [5.41, 5.74) is 4.53. The maximum atomic E-state index is 11.2. The first kappa shape index (κ1) is 19.0. The number of hydrogen-bond acceptors (Lipinski definition) is 5. The van der Waals surface area contributed by atoms with E-state index < -0.39 is 5.60 Å². The van der Waals surface area contributed by atoms with Gasteiger partial charge in [0.1, 0.15) is 12.1 Å². The summed E-state index contributed by atoms with van der Waals surface area (Å²) in [5.74, 6) is 0.943. The first-order chi connectivity index (χ1) is 14.5. The van der Waals surface area contributed by atoms with Crippen LogP contribution in [-0.4, -0.2) is 48.7 Å². The van der Waals surface area contributed by atoms with Crippen molar-refractivity contribution >= 4 is 23.0 Å². The van der Waals surface area contributed by atoms with Gasteiger partial charge in [0.05, 0.1) is 41.1 Å². The van der Waals surface area contributed by atoms with E-state index in [0.29, 0.717) is 6.54 Å². The minimum Gasteiger partial charge on any atom is -0.386 e. The maximum Gasteiger partial charge on any atom is 0.154 e. The number of nitrogens with one attached hydrogen (secondary N) is 1. The number of aldehydes is 1. The first-order valence-electron chi connectivity index (χ1n) is 10.3. The second kappa shape index (κ2) is 7.04. The fourth-order valence-electron chi connectivity index (χ4n) is 4.49. The average molecular weight is 403 g/mol. The number of imidazole rings is 1. The van der Waals surface area contributed by atoms with Crippen molar-refractivity contribution in [3.05, 3.63) is 54.1 Å². The summed E-state index contributed by atoms with van der Waals surface area (Å²) >= 11 is 0.